The molecule has 1 unspecified atom stereocenters. The Labute approximate surface area is 185 Å². The number of hydrogen-bond donors (Lipinski definition) is 4. The zero-order valence-corrected chi connectivity index (χ0v) is 17.5. The molecule has 4 rings (SSSR count). The van der Waals surface area contributed by atoms with E-state index >= 15 is 0 Å². The molecule has 2 aromatic carbocycles. The van der Waals surface area contributed by atoms with Gasteiger partial charge in [0.2, 0.25) is 11.8 Å². The van der Waals surface area contributed by atoms with Crippen molar-refractivity contribution in [1.82, 2.24) is 10.3 Å². The first-order chi connectivity index (χ1) is 15.5. The van der Waals surface area contributed by atoms with Crippen LogP contribution < -0.4 is 15.4 Å². The number of fused-ring (bicyclic) bond motifs is 2. The molecule has 2 heterocycles. The Morgan fingerprint density at radius 2 is 2.00 bits per heavy atom. The van der Waals surface area contributed by atoms with Crippen molar-refractivity contribution in [1.29, 1.82) is 0 Å². The van der Waals surface area contributed by atoms with E-state index in [0.717, 1.165) is 27.7 Å². The van der Waals surface area contributed by atoms with Crippen LogP contribution in [0.25, 0.3) is 10.9 Å². The second kappa shape index (κ2) is 9.55. The molecule has 1 aliphatic rings. The summed E-state index contributed by atoms with van der Waals surface area (Å²) in [4.78, 5) is 38.5. The first-order valence-corrected chi connectivity index (χ1v) is 10.6. The topological polar surface area (TPSA) is 121 Å². The Balaban J connectivity index is 1.25. The maximum Gasteiger partial charge on any atom is 0.326 e. The van der Waals surface area contributed by atoms with Crippen molar-refractivity contribution in [2.24, 2.45) is 0 Å². The number of carboxylic acid groups (broad SMARTS) is 1. The standard InChI is InChI=1S/C24H25N3O5/c28-22(6-3-11-32-17-8-9-19-15(12-17)7-10-23(29)26-19)27-21(24(30)31)13-16-14-25-20-5-2-1-4-18(16)20/h1-2,4-5,8-9,12,14,21,25H,3,6-7,10-11,13H2,(H,26,29)(H,27,28)(H,30,31). The molecule has 1 atom stereocenters. The summed E-state index contributed by atoms with van der Waals surface area (Å²) in [6.07, 6.45) is 3.74. The predicted octanol–water partition coefficient (Wildman–Crippen LogP) is 3.02. The fraction of sp³-hybridized carbons (Fsp3) is 0.292. The van der Waals surface area contributed by atoms with Gasteiger partial charge in [-0.2, -0.15) is 0 Å². The van der Waals surface area contributed by atoms with Crippen molar-refractivity contribution in [2.45, 2.75) is 38.1 Å². The molecule has 3 aromatic rings. The van der Waals surface area contributed by atoms with Gasteiger partial charge in [-0.15, -0.1) is 0 Å². The number of rotatable bonds is 9. The summed E-state index contributed by atoms with van der Waals surface area (Å²) in [6.45, 7) is 0.332. The Morgan fingerprint density at radius 1 is 1.16 bits per heavy atom. The molecular formula is C24H25N3O5. The van der Waals surface area contributed by atoms with E-state index in [1.165, 1.54) is 0 Å². The van der Waals surface area contributed by atoms with Crippen molar-refractivity contribution in [3.05, 3.63) is 59.8 Å². The van der Waals surface area contributed by atoms with Crippen LogP contribution in [0.2, 0.25) is 0 Å². The number of carbonyl (C=O) groups excluding carboxylic acids is 2. The summed E-state index contributed by atoms with van der Waals surface area (Å²) in [5.74, 6) is -0.695. The van der Waals surface area contributed by atoms with Crippen LogP contribution in [0, 0.1) is 0 Å². The van der Waals surface area contributed by atoms with E-state index in [1.807, 2.05) is 36.4 Å². The third kappa shape index (κ3) is 5.08. The number of carbonyl (C=O) groups is 3. The maximum absolute atomic E-state index is 12.3. The Hall–Kier alpha value is -3.81. The minimum Gasteiger partial charge on any atom is -0.494 e. The number of aliphatic carboxylic acids is 1. The van der Waals surface area contributed by atoms with Gasteiger partial charge in [-0.1, -0.05) is 18.2 Å². The summed E-state index contributed by atoms with van der Waals surface area (Å²) in [6, 6.07) is 12.1. The van der Waals surface area contributed by atoms with Gasteiger partial charge in [0.05, 0.1) is 6.61 Å². The van der Waals surface area contributed by atoms with Gasteiger partial charge in [0.1, 0.15) is 11.8 Å². The Morgan fingerprint density at radius 3 is 2.84 bits per heavy atom. The quantitative estimate of drug-likeness (QED) is 0.385. The van der Waals surface area contributed by atoms with Gasteiger partial charge in [0.15, 0.2) is 0 Å². The van der Waals surface area contributed by atoms with Crippen LogP contribution in [-0.2, 0) is 27.2 Å². The highest BCUT2D eigenvalue weighted by Gasteiger charge is 2.22. The van der Waals surface area contributed by atoms with E-state index in [9.17, 15) is 19.5 Å². The van der Waals surface area contributed by atoms with Gasteiger partial charge < -0.3 is 25.5 Å². The highest BCUT2D eigenvalue weighted by Crippen LogP contribution is 2.27. The number of benzene rings is 2. The second-order valence-electron chi connectivity index (χ2n) is 7.84. The summed E-state index contributed by atoms with van der Waals surface area (Å²) >= 11 is 0. The molecule has 32 heavy (non-hydrogen) atoms. The minimum atomic E-state index is -1.07. The molecule has 1 aliphatic heterocycles. The molecule has 0 fully saturated rings. The number of aromatic amines is 1. The van der Waals surface area contributed by atoms with E-state index in [4.69, 9.17) is 4.74 Å². The lowest BCUT2D eigenvalue weighted by molar-refractivity contribution is -0.141. The highest BCUT2D eigenvalue weighted by atomic mass is 16.5. The smallest absolute Gasteiger partial charge is 0.326 e. The van der Waals surface area contributed by atoms with Gasteiger partial charge in [-0.05, 0) is 48.2 Å². The molecular weight excluding hydrogens is 410 g/mol. The number of para-hydroxylation sites is 1. The van der Waals surface area contributed by atoms with Crippen molar-refractivity contribution < 1.29 is 24.2 Å². The number of anilines is 1. The van der Waals surface area contributed by atoms with Gasteiger partial charge in [0, 0.05) is 42.0 Å². The van der Waals surface area contributed by atoms with Crippen LogP contribution in [0.1, 0.15) is 30.4 Å². The average Bonchev–Trinajstić information content (AvgIpc) is 3.19. The monoisotopic (exact) mass is 435 g/mol. The third-order valence-electron chi connectivity index (χ3n) is 5.52. The summed E-state index contributed by atoms with van der Waals surface area (Å²) in [5, 5.41) is 15.9. The molecule has 0 spiro atoms. The molecule has 0 aliphatic carbocycles. The molecule has 1 aromatic heterocycles. The number of H-pyrrole nitrogens is 1. The molecule has 0 saturated heterocycles. The number of aryl methyl sites for hydroxylation is 1. The van der Waals surface area contributed by atoms with Crippen molar-refractivity contribution in [3.63, 3.8) is 0 Å². The Bertz CT molecular complexity index is 1150. The molecule has 2 amide bonds. The zero-order chi connectivity index (χ0) is 22.5. The van der Waals surface area contributed by atoms with Crippen LogP contribution >= 0.6 is 0 Å². The zero-order valence-electron chi connectivity index (χ0n) is 17.5. The summed E-state index contributed by atoms with van der Waals surface area (Å²) < 4.78 is 5.72. The molecule has 8 heteroatoms. The van der Waals surface area contributed by atoms with Gasteiger partial charge >= 0.3 is 5.97 Å². The first kappa shape index (κ1) is 21.4. The van der Waals surface area contributed by atoms with Gasteiger partial charge in [-0.3, -0.25) is 9.59 Å². The van der Waals surface area contributed by atoms with E-state index in [1.54, 1.807) is 12.3 Å². The van der Waals surface area contributed by atoms with E-state index < -0.39 is 12.0 Å². The second-order valence-corrected chi connectivity index (χ2v) is 7.84. The Kier molecular flexibility index (Phi) is 6.39. The highest BCUT2D eigenvalue weighted by molar-refractivity contribution is 5.94. The molecule has 4 N–H and O–H groups in total. The fourth-order valence-corrected chi connectivity index (χ4v) is 3.86. The van der Waals surface area contributed by atoms with Crippen LogP contribution in [0.4, 0.5) is 5.69 Å². The van der Waals surface area contributed by atoms with E-state index in [2.05, 4.69) is 15.6 Å². The number of hydrogen-bond acceptors (Lipinski definition) is 4. The van der Waals surface area contributed by atoms with Crippen molar-refractivity contribution in [2.75, 3.05) is 11.9 Å². The normalized spacial score (nSPS) is 13.8. The van der Waals surface area contributed by atoms with Crippen molar-refractivity contribution >= 4 is 34.4 Å². The predicted molar refractivity (Wildman–Crippen MR) is 120 cm³/mol. The number of ether oxygens (including phenoxy) is 1. The van der Waals surface area contributed by atoms with Crippen LogP contribution in [0.5, 0.6) is 5.75 Å². The fourth-order valence-electron chi connectivity index (χ4n) is 3.86. The summed E-state index contributed by atoms with van der Waals surface area (Å²) in [7, 11) is 0. The van der Waals surface area contributed by atoms with Gasteiger partial charge in [-0.25, -0.2) is 4.79 Å². The summed E-state index contributed by atoms with van der Waals surface area (Å²) in [5.41, 5.74) is 3.62. The lowest BCUT2D eigenvalue weighted by Crippen LogP contribution is -2.42. The minimum absolute atomic E-state index is 0.0153. The molecule has 0 radical (unpaired) electrons. The maximum atomic E-state index is 12.3. The lowest BCUT2D eigenvalue weighted by Gasteiger charge is -2.18. The molecule has 0 saturated carbocycles. The first-order valence-electron chi connectivity index (χ1n) is 10.6. The molecule has 166 valence electrons. The van der Waals surface area contributed by atoms with Crippen LogP contribution in [0.15, 0.2) is 48.7 Å². The largest absolute Gasteiger partial charge is 0.494 e. The van der Waals surface area contributed by atoms with E-state index in [-0.39, 0.29) is 24.7 Å². The number of nitrogens with one attached hydrogen (secondary N) is 3. The average molecular weight is 435 g/mol. The lowest BCUT2D eigenvalue weighted by atomic mass is 10.0. The van der Waals surface area contributed by atoms with Gasteiger partial charge in [0.25, 0.3) is 0 Å². The number of amides is 2. The number of aromatic nitrogens is 1. The van der Waals surface area contributed by atoms with Crippen LogP contribution in [0.3, 0.4) is 0 Å². The molecule has 8 nitrogen and oxygen atoms in total. The third-order valence-corrected chi connectivity index (χ3v) is 5.52. The number of carboxylic acids is 1. The van der Waals surface area contributed by atoms with Crippen molar-refractivity contribution in [3.8, 4) is 5.75 Å². The van der Waals surface area contributed by atoms with E-state index in [0.29, 0.717) is 31.6 Å². The SMILES string of the molecule is O=C1CCc2cc(OCCCC(=O)NC(Cc3c[nH]c4ccccc34)C(=O)O)ccc2N1. The molecule has 0 bridgehead atoms. The van der Waals surface area contributed by atoms with Crippen LogP contribution in [-0.4, -0.2) is 40.5 Å².